The van der Waals surface area contributed by atoms with Crippen LogP contribution in [0.3, 0.4) is 0 Å². The van der Waals surface area contributed by atoms with E-state index < -0.39 is 0 Å². The van der Waals surface area contributed by atoms with Gasteiger partial charge in [0, 0.05) is 18.3 Å². The number of furan rings is 1. The van der Waals surface area contributed by atoms with Crippen molar-refractivity contribution in [3.63, 3.8) is 0 Å². The second-order valence-electron chi connectivity index (χ2n) is 5.12. The van der Waals surface area contributed by atoms with E-state index in [9.17, 15) is 0 Å². The van der Waals surface area contributed by atoms with Gasteiger partial charge in [-0.15, -0.1) is 0 Å². The summed E-state index contributed by atoms with van der Waals surface area (Å²) in [5.41, 5.74) is 3.48. The van der Waals surface area contributed by atoms with Gasteiger partial charge in [-0.05, 0) is 64.2 Å². The maximum Gasteiger partial charge on any atom is 0.214 e. The van der Waals surface area contributed by atoms with Gasteiger partial charge in [0.2, 0.25) is 5.88 Å². The first-order valence-corrected chi connectivity index (χ1v) is 9.07. The Morgan fingerprint density at radius 1 is 0.864 bits per heavy atom. The Kier molecular flexibility index (Phi) is 4.77. The second-order valence-corrected chi connectivity index (χ2v) is 7.28. The van der Waals surface area contributed by atoms with Crippen molar-refractivity contribution >= 4 is 56.8 Å². The minimum atomic E-state index is 0.882. The first-order chi connectivity index (χ1) is 10.6. The molecule has 2 aromatic carbocycles. The highest BCUT2D eigenvalue weighted by atomic mass is 127. The molecule has 3 aromatic rings. The third-order valence-corrected chi connectivity index (χ3v) is 6.60. The lowest BCUT2D eigenvalue weighted by molar-refractivity contribution is 0.581. The Morgan fingerprint density at radius 3 is 2.14 bits per heavy atom. The Hall–Kier alpha value is -1.02. The van der Waals surface area contributed by atoms with Crippen LogP contribution in [0.15, 0.2) is 59.0 Å². The fraction of sp³-hybridized carbons (Fsp3) is 0.111. The van der Waals surface area contributed by atoms with Crippen LogP contribution in [0.1, 0.15) is 5.56 Å². The molecule has 0 amide bonds. The average molecular weight is 515 g/mol. The molecule has 22 heavy (non-hydrogen) atoms. The largest absolute Gasteiger partial charge is 0.438 e. The summed E-state index contributed by atoms with van der Waals surface area (Å²) >= 11 is 4.72. The molecule has 0 saturated heterocycles. The highest BCUT2D eigenvalue weighted by molar-refractivity contribution is 14.1. The third-order valence-electron chi connectivity index (χ3n) is 3.54. The molecule has 0 aliphatic carbocycles. The van der Waals surface area contributed by atoms with E-state index >= 15 is 0 Å². The van der Waals surface area contributed by atoms with Crippen LogP contribution in [0.25, 0.3) is 11.3 Å². The second kappa shape index (κ2) is 6.62. The molecule has 0 aliphatic heterocycles. The molecular weight excluding hydrogens is 500 g/mol. The summed E-state index contributed by atoms with van der Waals surface area (Å²) < 4.78 is 8.48. The Balaban J connectivity index is 2.03. The van der Waals surface area contributed by atoms with Crippen LogP contribution >= 0.6 is 45.2 Å². The van der Waals surface area contributed by atoms with Crippen molar-refractivity contribution in [2.24, 2.45) is 0 Å². The highest BCUT2D eigenvalue weighted by Crippen LogP contribution is 2.40. The standard InChI is InChI=1S/C18H15I2NO/c1-12-8-10-14(11-9-12)21(2)18-16(20)15(19)17(22-18)13-6-4-3-5-7-13/h3-11H,1-2H3. The SMILES string of the molecule is Cc1ccc(N(C)c2oc(-c3ccccc3)c(I)c2I)cc1. The van der Waals surface area contributed by atoms with Gasteiger partial charge in [0.25, 0.3) is 0 Å². The van der Waals surface area contributed by atoms with Gasteiger partial charge in [0.05, 0.1) is 7.14 Å². The summed E-state index contributed by atoms with van der Waals surface area (Å²) in [6, 6.07) is 18.7. The first kappa shape index (κ1) is 15.9. The molecule has 0 N–H and O–H groups in total. The molecule has 1 aromatic heterocycles. The molecule has 4 heteroatoms. The van der Waals surface area contributed by atoms with Crippen molar-refractivity contribution in [1.82, 2.24) is 0 Å². The molecular formula is C18H15I2NO. The lowest BCUT2D eigenvalue weighted by atomic mass is 10.2. The van der Waals surface area contributed by atoms with Crippen molar-refractivity contribution in [1.29, 1.82) is 0 Å². The first-order valence-electron chi connectivity index (χ1n) is 6.91. The zero-order valence-corrected chi connectivity index (χ0v) is 16.6. The monoisotopic (exact) mass is 515 g/mol. The number of nitrogens with zero attached hydrogens (tertiary/aromatic N) is 1. The maximum atomic E-state index is 6.19. The quantitative estimate of drug-likeness (QED) is 0.385. The van der Waals surface area contributed by atoms with Gasteiger partial charge in [-0.2, -0.15) is 0 Å². The van der Waals surface area contributed by atoms with Crippen molar-refractivity contribution in [3.8, 4) is 11.3 Å². The van der Waals surface area contributed by atoms with Crippen molar-refractivity contribution in [3.05, 3.63) is 67.3 Å². The van der Waals surface area contributed by atoms with Gasteiger partial charge in [-0.25, -0.2) is 0 Å². The zero-order valence-electron chi connectivity index (χ0n) is 12.3. The highest BCUT2D eigenvalue weighted by Gasteiger charge is 2.21. The third kappa shape index (κ3) is 3.03. The molecule has 0 spiro atoms. The number of rotatable bonds is 3. The van der Waals surface area contributed by atoms with E-state index in [0.717, 1.165) is 30.0 Å². The van der Waals surface area contributed by atoms with E-state index in [4.69, 9.17) is 4.42 Å². The summed E-state index contributed by atoms with van der Waals surface area (Å²) in [6.45, 7) is 2.09. The van der Waals surface area contributed by atoms with Crippen LogP contribution in [0, 0.1) is 14.1 Å². The topological polar surface area (TPSA) is 16.4 Å². The fourth-order valence-corrected chi connectivity index (χ4v) is 3.63. The number of anilines is 2. The molecule has 112 valence electrons. The lowest BCUT2D eigenvalue weighted by Gasteiger charge is -2.17. The summed E-state index contributed by atoms with van der Waals surface area (Å²) in [7, 11) is 2.04. The zero-order chi connectivity index (χ0) is 15.7. The predicted molar refractivity (Wildman–Crippen MR) is 109 cm³/mol. The molecule has 3 rings (SSSR count). The van der Waals surface area contributed by atoms with Gasteiger partial charge < -0.3 is 9.32 Å². The molecule has 0 bridgehead atoms. The van der Waals surface area contributed by atoms with Crippen LogP contribution in [0.5, 0.6) is 0 Å². The van der Waals surface area contributed by atoms with Gasteiger partial charge >= 0.3 is 0 Å². The molecule has 0 atom stereocenters. The molecule has 0 radical (unpaired) electrons. The molecule has 2 nitrogen and oxygen atoms in total. The molecule has 0 fully saturated rings. The van der Waals surface area contributed by atoms with Crippen molar-refractivity contribution < 1.29 is 4.42 Å². The normalized spacial score (nSPS) is 10.7. The number of aryl methyl sites for hydroxylation is 1. The van der Waals surface area contributed by atoms with Crippen molar-refractivity contribution in [2.45, 2.75) is 6.92 Å². The number of hydrogen-bond donors (Lipinski definition) is 0. The summed E-state index contributed by atoms with van der Waals surface area (Å²) in [5.74, 6) is 1.81. The van der Waals surface area contributed by atoms with Crippen molar-refractivity contribution in [2.75, 3.05) is 11.9 Å². The van der Waals surface area contributed by atoms with Crippen LogP contribution < -0.4 is 4.90 Å². The van der Waals surface area contributed by atoms with Crippen LogP contribution in [-0.2, 0) is 0 Å². The Morgan fingerprint density at radius 2 is 1.50 bits per heavy atom. The predicted octanol–water partition coefficient (Wildman–Crippen LogP) is 6.23. The smallest absolute Gasteiger partial charge is 0.214 e. The van der Waals surface area contributed by atoms with Gasteiger partial charge in [-0.3, -0.25) is 0 Å². The average Bonchev–Trinajstić information content (AvgIpc) is 2.84. The Bertz CT molecular complexity index is 779. The lowest BCUT2D eigenvalue weighted by Crippen LogP contribution is -2.09. The van der Waals surface area contributed by atoms with E-state index in [0.29, 0.717) is 0 Å². The van der Waals surface area contributed by atoms with Crippen LogP contribution in [0.4, 0.5) is 11.6 Å². The minimum Gasteiger partial charge on any atom is -0.438 e. The molecule has 0 unspecified atom stereocenters. The van der Waals surface area contributed by atoms with E-state index in [-0.39, 0.29) is 0 Å². The maximum absolute atomic E-state index is 6.19. The van der Waals surface area contributed by atoms with Crippen LogP contribution in [0.2, 0.25) is 0 Å². The van der Waals surface area contributed by atoms with E-state index in [1.807, 2.05) is 25.2 Å². The van der Waals surface area contributed by atoms with E-state index in [1.54, 1.807) is 0 Å². The Labute approximate surface area is 157 Å². The van der Waals surface area contributed by atoms with Gasteiger partial charge in [0.1, 0.15) is 0 Å². The molecule has 1 heterocycles. The van der Waals surface area contributed by atoms with Gasteiger partial charge in [-0.1, -0.05) is 48.0 Å². The fourth-order valence-electron chi connectivity index (χ4n) is 2.26. The summed E-state index contributed by atoms with van der Waals surface area (Å²) in [6.07, 6.45) is 0. The van der Waals surface area contributed by atoms with Gasteiger partial charge in [0.15, 0.2) is 5.76 Å². The minimum absolute atomic E-state index is 0.882. The molecule has 0 saturated carbocycles. The summed E-state index contributed by atoms with van der Waals surface area (Å²) in [5, 5.41) is 0. The number of halogens is 2. The number of benzene rings is 2. The number of hydrogen-bond acceptors (Lipinski definition) is 2. The van der Waals surface area contributed by atoms with E-state index in [1.165, 1.54) is 5.56 Å². The summed E-state index contributed by atoms with van der Waals surface area (Å²) in [4.78, 5) is 2.09. The molecule has 0 aliphatic rings. The van der Waals surface area contributed by atoms with E-state index in [2.05, 4.69) is 93.4 Å². The van der Waals surface area contributed by atoms with Crippen LogP contribution in [-0.4, -0.2) is 7.05 Å².